The zero-order chi connectivity index (χ0) is 44.8. The van der Waals surface area contributed by atoms with Gasteiger partial charge in [-0.05, 0) is 116 Å². The van der Waals surface area contributed by atoms with Gasteiger partial charge in [-0.3, -0.25) is 0 Å². The number of nitrogens with zero attached hydrogens (tertiary/aromatic N) is 3. The Morgan fingerprint density at radius 2 is 0.836 bits per heavy atom. The van der Waals surface area contributed by atoms with Crippen LogP contribution in [0.5, 0.6) is 0 Å². The van der Waals surface area contributed by atoms with Crippen LogP contribution >= 0.6 is 0 Å². The Morgan fingerprint density at radius 3 is 1.54 bits per heavy atom. The van der Waals surface area contributed by atoms with E-state index in [0.29, 0.717) is 0 Å². The van der Waals surface area contributed by atoms with Crippen molar-refractivity contribution in [3.63, 3.8) is 0 Å². The van der Waals surface area contributed by atoms with E-state index < -0.39 is 0 Å². The second kappa shape index (κ2) is 12.5. The Balaban J connectivity index is 1.14. The van der Waals surface area contributed by atoms with Gasteiger partial charge in [0.2, 0.25) is 0 Å². The fourth-order valence-electron chi connectivity index (χ4n) is 12.3. The first-order valence-corrected chi connectivity index (χ1v) is 23.8. The van der Waals surface area contributed by atoms with Gasteiger partial charge < -0.3 is 13.4 Å². The molecule has 0 aliphatic heterocycles. The van der Waals surface area contributed by atoms with Gasteiger partial charge in [0, 0.05) is 70.5 Å². The van der Waals surface area contributed by atoms with Crippen molar-refractivity contribution >= 4 is 120 Å². The van der Waals surface area contributed by atoms with Crippen LogP contribution in [-0.4, -0.2) is 13.4 Å². The van der Waals surface area contributed by atoms with Crippen LogP contribution in [0, 0.1) is 0 Å². The number of benzene rings is 10. The van der Waals surface area contributed by atoms with Gasteiger partial charge in [0.15, 0.2) is 0 Å². The molecule has 5 aromatic heterocycles. The van der Waals surface area contributed by atoms with Crippen LogP contribution < -0.4 is 0 Å². The van der Waals surface area contributed by atoms with Crippen LogP contribution in [0.25, 0.3) is 136 Å². The van der Waals surface area contributed by atoms with E-state index in [9.17, 15) is 0 Å². The fraction of sp³-hybridized carbons (Fsp3) is 0.125. The van der Waals surface area contributed by atoms with Crippen LogP contribution in [0.2, 0.25) is 0 Å². The molecule has 5 heterocycles. The standard InChI is InChI=1S/C64H47N3/c1-63(2,3)39-30-50-45-26-24-36-16-10-13-21-43(36)59(45)66-56-34-49-52-32-40(64(4,5)6)33-53-58-42-20-12-11-17-37(42)28-46(62(58)67(61(52)53)57(49)35-48(56)51(31-39)60(50)66)38-25-27-55-47(29-38)44-22-14-15-23-54(44)65(55)41-18-8-7-9-19-41/h7-35H,1-6H3. The molecule has 3 nitrogen and oxygen atoms in total. The Morgan fingerprint density at radius 1 is 0.313 bits per heavy atom. The van der Waals surface area contributed by atoms with Crippen molar-refractivity contribution in [1.82, 2.24) is 13.4 Å². The molecule has 0 unspecified atom stereocenters. The van der Waals surface area contributed by atoms with Gasteiger partial charge in [-0.15, -0.1) is 0 Å². The molecule has 0 atom stereocenters. The van der Waals surface area contributed by atoms with Gasteiger partial charge in [0.1, 0.15) is 0 Å². The van der Waals surface area contributed by atoms with Crippen LogP contribution in [0.3, 0.4) is 0 Å². The lowest BCUT2D eigenvalue weighted by molar-refractivity contribution is 0.591. The van der Waals surface area contributed by atoms with Crippen LogP contribution in [0.4, 0.5) is 0 Å². The van der Waals surface area contributed by atoms with Gasteiger partial charge >= 0.3 is 0 Å². The lowest BCUT2D eigenvalue weighted by Crippen LogP contribution is -2.10. The molecule has 0 amide bonds. The van der Waals surface area contributed by atoms with E-state index in [1.54, 1.807) is 0 Å². The summed E-state index contributed by atoms with van der Waals surface area (Å²) in [6.07, 6.45) is 0. The minimum Gasteiger partial charge on any atom is -0.309 e. The van der Waals surface area contributed by atoms with E-state index in [4.69, 9.17) is 0 Å². The molecule has 67 heavy (non-hydrogen) atoms. The predicted octanol–water partition coefficient (Wildman–Crippen LogP) is 17.7. The first-order valence-electron chi connectivity index (χ1n) is 23.8. The molecule has 0 saturated heterocycles. The first kappa shape index (κ1) is 37.4. The maximum Gasteiger partial charge on any atom is 0.0626 e. The van der Waals surface area contributed by atoms with Crippen molar-refractivity contribution < 1.29 is 0 Å². The molecule has 318 valence electrons. The van der Waals surface area contributed by atoms with Crippen LogP contribution in [-0.2, 0) is 10.8 Å². The topological polar surface area (TPSA) is 13.8 Å². The van der Waals surface area contributed by atoms with E-state index in [2.05, 4.69) is 231 Å². The summed E-state index contributed by atoms with van der Waals surface area (Å²) in [4.78, 5) is 0. The highest BCUT2D eigenvalue weighted by Gasteiger charge is 2.29. The van der Waals surface area contributed by atoms with Gasteiger partial charge in [-0.1, -0.05) is 145 Å². The number of rotatable bonds is 2. The normalized spacial score (nSPS) is 13.2. The lowest BCUT2D eigenvalue weighted by Gasteiger charge is -2.19. The summed E-state index contributed by atoms with van der Waals surface area (Å²) in [5.74, 6) is 0. The van der Waals surface area contributed by atoms with E-state index in [-0.39, 0.29) is 10.8 Å². The summed E-state index contributed by atoms with van der Waals surface area (Å²) in [7, 11) is 0. The third-order valence-corrected chi connectivity index (χ3v) is 15.5. The van der Waals surface area contributed by atoms with E-state index >= 15 is 0 Å². The summed E-state index contributed by atoms with van der Waals surface area (Å²) in [5, 5.41) is 18.2. The van der Waals surface area contributed by atoms with Crippen molar-refractivity contribution in [1.29, 1.82) is 0 Å². The number of fused-ring (bicyclic) bond motifs is 19. The number of aromatic nitrogens is 3. The second-order valence-electron chi connectivity index (χ2n) is 21.4. The molecule has 0 spiro atoms. The molecular formula is C64H47N3. The average Bonchev–Trinajstić information content (AvgIpc) is 4.13. The Bertz CT molecular complexity index is 4620. The summed E-state index contributed by atoms with van der Waals surface area (Å²) in [6, 6.07) is 67.1. The van der Waals surface area contributed by atoms with E-state index in [0.717, 1.165) is 0 Å². The van der Waals surface area contributed by atoms with Gasteiger partial charge in [-0.2, -0.15) is 0 Å². The summed E-state index contributed by atoms with van der Waals surface area (Å²) in [6.45, 7) is 14.1. The van der Waals surface area contributed by atoms with Crippen molar-refractivity contribution in [2.75, 3.05) is 0 Å². The molecule has 0 aliphatic rings. The molecule has 15 rings (SSSR count). The zero-order valence-corrected chi connectivity index (χ0v) is 38.6. The smallest absolute Gasteiger partial charge is 0.0626 e. The molecule has 10 aromatic carbocycles. The molecule has 0 radical (unpaired) electrons. The predicted molar refractivity (Wildman–Crippen MR) is 288 cm³/mol. The Labute approximate surface area is 387 Å². The summed E-state index contributed by atoms with van der Waals surface area (Å²) < 4.78 is 7.69. The van der Waals surface area contributed by atoms with Crippen molar-refractivity contribution in [2.24, 2.45) is 0 Å². The highest BCUT2D eigenvalue weighted by Crippen LogP contribution is 2.50. The molecule has 0 fully saturated rings. The Hall–Kier alpha value is -7.88. The maximum atomic E-state index is 2.66. The summed E-state index contributed by atoms with van der Waals surface area (Å²) >= 11 is 0. The third kappa shape index (κ3) is 4.81. The van der Waals surface area contributed by atoms with Crippen molar-refractivity contribution in [3.05, 3.63) is 187 Å². The van der Waals surface area contributed by atoms with Crippen molar-refractivity contribution in [3.8, 4) is 16.8 Å². The van der Waals surface area contributed by atoms with Crippen molar-refractivity contribution in [2.45, 2.75) is 52.4 Å². The van der Waals surface area contributed by atoms with Crippen LogP contribution in [0.15, 0.2) is 176 Å². The first-order chi connectivity index (χ1) is 32.5. The fourth-order valence-corrected chi connectivity index (χ4v) is 12.3. The highest BCUT2D eigenvalue weighted by atomic mass is 15.0. The minimum absolute atomic E-state index is 0.0255. The number of hydrogen-bond donors (Lipinski definition) is 0. The zero-order valence-electron chi connectivity index (χ0n) is 38.6. The quantitative estimate of drug-likeness (QED) is 0.164. The second-order valence-corrected chi connectivity index (χ2v) is 21.4. The van der Waals surface area contributed by atoms with Crippen LogP contribution in [0.1, 0.15) is 52.7 Å². The van der Waals surface area contributed by atoms with E-state index in [1.807, 2.05) is 0 Å². The monoisotopic (exact) mass is 857 g/mol. The largest absolute Gasteiger partial charge is 0.309 e. The molecule has 15 aromatic rings. The number of hydrogen-bond acceptors (Lipinski definition) is 0. The van der Waals surface area contributed by atoms with E-state index in [1.165, 1.54) is 147 Å². The SMILES string of the molecule is CC(C)(C)c1cc2c3cc4c(cc3n3c5c(-c6ccc7c(c6)c6ccccc6n7-c6ccccc6)cc6ccccc6c5c(c1)c23)c1cc(C(C)(C)C)cc2c3ccc5ccccc5c3n4c12. The average molecular weight is 858 g/mol. The molecule has 0 saturated carbocycles. The van der Waals surface area contributed by atoms with Gasteiger partial charge in [0.05, 0.1) is 44.1 Å². The molecule has 0 aliphatic carbocycles. The lowest BCUT2D eigenvalue weighted by atomic mass is 9.84. The molecule has 3 heteroatoms. The molecule has 0 N–H and O–H groups in total. The minimum atomic E-state index is -0.0642. The molecular weight excluding hydrogens is 811 g/mol. The highest BCUT2D eigenvalue weighted by molar-refractivity contribution is 6.34. The maximum absolute atomic E-state index is 2.66. The third-order valence-electron chi connectivity index (χ3n) is 15.5. The number of para-hydroxylation sites is 2. The molecule has 0 bridgehead atoms. The van der Waals surface area contributed by atoms with Gasteiger partial charge in [0.25, 0.3) is 0 Å². The summed E-state index contributed by atoms with van der Waals surface area (Å²) in [5.41, 5.74) is 16.4. The Kier molecular flexibility index (Phi) is 6.97. The van der Waals surface area contributed by atoms with Gasteiger partial charge in [-0.25, -0.2) is 0 Å².